The van der Waals surface area contributed by atoms with Gasteiger partial charge in [-0.25, -0.2) is 4.98 Å². The Kier molecular flexibility index (Phi) is 3.77. The molecule has 5 heteroatoms. The fourth-order valence-corrected chi connectivity index (χ4v) is 3.54. The lowest BCUT2D eigenvalue weighted by Gasteiger charge is -2.32. The van der Waals surface area contributed by atoms with Crippen LogP contribution in [0, 0.1) is 5.95 Å². The molecule has 0 aliphatic carbocycles. The Hall–Kier alpha value is -2.33. The molecule has 0 spiro atoms. The number of fused-ring (bicyclic) bond motifs is 2. The topological polar surface area (TPSA) is 25.4 Å². The smallest absolute Gasteiger partial charge is 0.213 e. The molecule has 2 aromatic carbocycles. The minimum absolute atomic E-state index is 0.500. The molecule has 0 radical (unpaired) electrons. The second-order valence-corrected chi connectivity index (χ2v) is 6.31. The molecule has 0 unspecified atom stereocenters. The third-order valence-electron chi connectivity index (χ3n) is 4.41. The van der Waals surface area contributed by atoms with Crippen LogP contribution in [-0.4, -0.2) is 18.6 Å². The predicted octanol–water partition coefficient (Wildman–Crippen LogP) is 5.12. The van der Waals surface area contributed by atoms with E-state index in [0.717, 1.165) is 41.9 Å². The molecular weight excluding hydrogens is 326 g/mol. The highest BCUT2D eigenvalue weighted by atomic mass is 35.5. The van der Waals surface area contributed by atoms with Gasteiger partial charge in [0.1, 0.15) is 5.75 Å². The Bertz CT molecular complexity index is 923. The summed E-state index contributed by atoms with van der Waals surface area (Å²) in [5, 5.41) is 1.45. The highest BCUT2D eigenvalue weighted by Crippen LogP contribution is 2.39. The van der Waals surface area contributed by atoms with E-state index in [-0.39, 0.29) is 0 Å². The first kappa shape index (κ1) is 15.2. The number of benzene rings is 2. The first-order valence-corrected chi connectivity index (χ1v) is 8.24. The van der Waals surface area contributed by atoms with Gasteiger partial charge in [-0.1, -0.05) is 11.6 Å². The predicted molar refractivity (Wildman–Crippen MR) is 95.0 cm³/mol. The lowest BCUT2D eigenvalue weighted by Crippen LogP contribution is -2.24. The molecule has 0 fully saturated rings. The average molecular weight is 342 g/mol. The van der Waals surface area contributed by atoms with Crippen molar-refractivity contribution in [2.45, 2.75) is 12.8 Å². The summed E-state index contributed by atoms with van der Waals surface area (Å²) in [7, 11) is 1.67. The third kappa shape index (κ3) is 2.57. The normalized spacial score (nSPS) is 13.9. The molecule has 4 rings (SSSR count). The number of aromatic nitrogens is 1. The lowest BCUT2D eigenvalue weighted by molar-refractivity contribution is 0.414. The Morgan fingerprint density at radius 2 is 2.00 bits per heavy atom. The van der Waals surface area contributed by atoms with Gasteiger partial charge in [0.25, 0.3) is 0 Å². The zero-order valence-electron chi connectivity index (χ0n) is 13.2. The number of nitrogens with zero attached hydrogens (tertiary/aromatic N) is 2. The Balaban J connectivity index is 1.90. The van der Waals surface area contributed by atoms with E-state index in [1.807, 2.05) is 12.1 Å². The largest absolute Gasteiger partial charge is 0.497 e. The van der Waals surface area contributed by atoms with Crippen molar-refractivity contribution in [3.05, 3.63) is 59.0 Å². The van der Waals surface area contributed by atoms with Gasteiger partial charge >= 0.3 is 0 Å². The first-order valence-electron chi connectivity index (χ1n) is 7.86. The van der Waals surface area contributed by atoms with Crippen molar-refractivity contribution in [2.24, 2.45) is 0 Å². The summed E-state index contributed by atoms with van der Waals surface area (Å²) in [6.45, 7) is 0.881. The van der Waals surface area contributed by atoms with Crippen LogP contribution in [-0.2, 0) is 6.42 Å². The van der Waals surface area contributed by atoms with Gasteiger partial charge in [0, 0.05) is 22.6 Å². The lowest BCUT2D eigenvalue weighted by atomic mass is 9.99. The number of hydrogen-bond donors (Lipinski definition) is 0. The molecule has 1 aliphatic heterocycles. The van der Waals surface area contributed by atoms with E-state index >= 15 is 0 Å². The molecule has 0 saturated carbocycles. The van der Waals surface area contributed by atoms with Gasteiger partial charge in [0.15, 0.2) is 0 Å². The maximum Gasteiger partial charge on any atom is 0.213 e. The maximum absolute atomic E-state index is 13.5. The van der Waals surface area contributed by atoms with Gasteiger partial charge in [-0.2, -0.15) is 4.39 Å². The quantitative estimate of drug-likeness (QED) is 0.605. The molecule has 0 bridgehead atoms. The highest BCUT2D eigenvalue weighted by Gasteiger charge is 2.21. The van der Waals surface area contributed by atoms with Crippen molar-refractivity contribution >= 4 is 33.9 Å². The molecule has 0 atom stereocenters. The number of hydrogen-bond acceptors (Lipinski definition) is 3. The summed E-state index contributed by atoms with van der Waals surface area (Å²) < 4.78 is 18.8. The number of ether oxygens (including phenoxy) is 1. The van der Waals surface area contributed by atoms with E-state index in [2.05, 4.69) is 22.0 Å². The van der Waals surface area contributed by atoms with E-state index in [4.69, 9.17) is 16.3 Å². The van der Waals surface area contributed by atoms with Gasteiger partial charge in [-0.05, 0) is 60.9 Å². The van der Waals surface area contributed by atoms with Gasteiger partial charge in [0.05, 0.1) is 18.3 Å². The molecule has 122 valence electrons. The summed E-state index contributed by atoms with van der Waals surface area (Å²) in [6, 6.07) is 12.9. The van der Waals surface area contributed by atoms with Gasteiger partial charge in [-0.3, -0.25) is 0 Å². The highest BCUT2D eigenvalue weighted by molar-refractivity contribution is 6.32. The van der Waals surface area contributed by atoms with Crippen LogP contribution in [0.5, 0.6) is 5.75 Å². The summed E-state index contributed by atoms with van der Waals surface area (Å²) >= 11 is 6.26. The van der Waals surface area contributed by atoms with Crippen LogP contribution in [0.15, 0.2) is 42.5 Å². The molecule has 3 nitrogen and oxygen atoms in total. The Labute approximate surface area is 144 Å². The van der Waals surface area contributed by atoms with Crippen LogP contribution in [0.4, 0.5) is 15.8 Å². The molecule has 2 heterocycles. The van der Waals surface area contributed by atoms with E-state index in [1.54, 1.807) is 19.2 Å². The second-order valence-electron chi connectivity index (χ2n) is 5.88. The van der Waals surface area contributed by atoms with E-state index in [0.29, 0.717) is 10.5 Å². The molecular formula is C19H16ClFN2O. The Morgan fingerprint density at radius 3 is 2.83 bits per heavy atom. The molecule has 1 aliphatic rings. The summed E-state index contributed by atoms with van der Waals surface area (Å²) in [5.74, 6) is 0.356. The van der Waals surface area contributed by atoms with Crippen molar-refractivity contribution in [3.63, 3.8) is 0 Å². The molecule has 0 amide bonds. The van der Waals surface area contributed by atoms with Gasteiger partial charge < -0.3 is 9.64 Å². The standard InChI is InChI=1S/C19H16ClFN2O/c1-24-14-4-6-17-12(9-14)3-2-8-23(17)18-11-13(20)10-16-15(18)5-7-19(21)22-16/h4-7,9-11H,2-3,8H2,1H3/i21-1. The molecule has 24 heavy (non-hydrogen) atoms. The van der Waals surface area contributed by atoms with Crippen LogP contribution in [0.25, 0.3) is 10.9 Å². The average Bonchev–Trinajstić information content (AvgIpc) is 2.59. The number of rotatable bonds is 2. The fourth-order valence-electron chi connectivity index (χ4n) is 3.33. The summed E-state index contributed by atoms with van der Waals surface area (Å²) in [5.41, 5.74) is 3.90. The first-order chi connectivity index (χ1) is 11.7. The van der Waals surface area contributed by atoms with Crippen molar-refractivity contribution < 1.29 is 9.13 Å². The Morgan fingerprint density at radius 1 is 1.12 bits per heavy atom. The van der Waals surface area contributed by atoms with E-state index in [1.165, 1.54) is 11.6 Å². The molecule has 0 N–H and O–H groups in total. The van der Waals surface area contributed by atoms with Crippen LogP contribution in [0.3, 0.4) is 0 Å². The minimum atomic E-state index is -0.500. The maximum atomic E-state index is 13.5. The van der Waals surface area contributed by atoms with Crippen molar-refractivity contribution in [2.75, 3.05) is 18.6 Å². The number of methoxy groups -OCH3 is 1. The number of pyridine rings is 1. The molecule has 3 aromatic rings. The number of halogens is 2. The SMILES string of the molecule is COc1ccc2c(c1)CCCN2c1cc(Cl)cc2nc([18F])ccc12. The van der Waals surface area contributed by atoms with E-state index in [9.17, 15) is 4.39 Å². The third-order valence-corrected chi connectivity index (χ3v) is 4.63. The summed E-state index contributed by atoms with van der Waals surface area (Å²) in [6.07, 6.45) is 2.04. The van der Waals surface area contributed by atoms with Crippen LogP contribution >= 0.6 is 11.6 Å². The zero-order chi connectivity index (χ0) is 16.7. The van der Waals surface area contributed by atoms with Crippen molar-refractivity contribution in [1.29, 1.82) is 0 Å². The van der Waals surface area contributed by atoms with Gasteiger partial charge in [0.2, 0.25) is 5.95 Å². The van der Waals surface area contributed by atoms with Crippen molar-refractivity contribution in [1.82, 2.24) is 4.98 Å². The van der Waals surface area contributed by atoms with Crippen LogP contribution in [0.1, 0.15) is 12.0 Å². The van der Waals surface area contributed by atoms with Gasteiger partial charge in [-0.15, -0.1) is 0 Å². The molecule has 1 aromatic heterocycles. The van der Waals surface area contributed by atoms with Crippen molar-refractivity contribution in [3.8, 4) is 5.75 Å². The monoisotopic (exact) mass is 341 g/mol. The zero-order valence-corrected chi connectivity index (χ0v) is 14.0. The van der Waals surface area contributed by atoms with Crippen LogP contribution < -0.4 is 9.64 Å². The molecule has 0 saturated heterocycles. The number of anilines is 2. The number of aryl methyl sites for hydroxylation is 1. The second kappa shape index (κ2) is 5.95. The van der Waals surface area contributed by atoms with Crippen LogP contribution in [0.2, 0.25) is 5.02 Å². The minimum Gasteiger partial charge on any atom is -0.497 e. The fraction of sp³-hybridized carbons (Fsp3) is 0.211. The summed E-state index contributed by atoms with van der Waals surface area (Å²) in [4.78, 5) is 6.21. The van der Waals surface area contributed by atoms with E-state index < -0.39 is 5.95 Å².